The summed E-state index contributed by atoms with van der Waals surface area (Å²) in [4.78, 5) is 17.1. The molecule has 2 fully saturated rings. The molecular formula is C28H37Cl3N4O2. The first kappa shape index (κ1) is 28.2. The van der Waals surface area contributed by atoms with E-state index in [2.05, 4.69) is 39.5 Å². The fraction of sp³-hybridized carbons (Fsp3) is 0.536. The van der Waals surface area contributed by atoms with Crippen molar-refractivity contribution < 1.29 is 9.53 Å². The van der Waals surface area contributed by atoms with Gasteiger partial charge in [-0.1, -0.05) is 40.9 Å². The van der Waals surface area contributed by atoms with Crippen molar-refractivity contribution in [2.75, 3.05) is 36.4 Å². The average Bonchev–Trinajstić information content (AvgIpc) is 3.27. The Balaban J connectivity index is 1.31. The molecule has 6 nitrogen and oxygen atoms in total. The van der Waals surface area contributed by atoms with Crippen LogP contribution >= 0.6 is 34.8 Å². The molecule has 1 amide bonds. The lowest BCUT2D eigenvalue weighted by molar-refractivity contribution is 0.0504. The number of hydrogen-bond acceptors (Lipinski definition) is 5. The van der Waals surface area contributed by atoms with Crippen molar-refractivity contribution in [3.63, 3.8) is 0 Å². The molecule has 2 aliphatic rings. The SMILES string of the molecule is C[C@@H](Nc1cc(N2CCC(N3CCC(NC(=O)OC(C)(C)C)C3)CC2)ccc1Cl)c1ccc(Cl)cc1Cl. The number of piperidine rings is 1. The Bertz CT molecular complexity index is 1100. The van der Waals surface area contributed by atoms with E-state index in [1.807, 2.05) is 39.0 Å². The van der Waals surface area contributed by atoms with Crippen molar-refractivity contribution in [3.8, 4) is 0 Å². The van der Waals surface area contributed by atoms with Crippen LogP contribution in [0.1, 0.15) is 58.6 Å². The van der Waals surface area contributed by atoms with E-state index in [1.54, 1.807) is 6.07 Å². The Labute approximate surface area is 235 Å². The van der Waals surface area contributed by atoms with Gasteiger partial charge >= 0.3 is 6.09 Å². The van der Waals surface area contributed by atoms with Crippen molar-refractivity contribution in [3.05, 3.63) is 57.0 Å². The summed E-state index contributed by atoms with van der Waals surface area (Å²) < 4.78 is 5.42. The highest BCUT2D eigenvalue weighted by molar-refractivity contribution is 6.35. The Kier molecular flexibility index (Phi) is 9.05. The number of ether oxygens (including phenoxy) is 1. The second-order valence-corrected chi connectivity index (χ2v) is 12.3. The van der Waals surface area contributed by atoms with E-state index in [0.29, 0.717) is 21.1 Å². The third-order valence-corrected chi connectivity index (χ3v) is 7.93. The van der Waals surface area contributed by atoms with Gasteiger partial charge in [-0.05, 0) is 82.9 Å². The summed E-state index contributed by atoms with van der Waals surface area (Å²) in [5, 5.41) is 8.48. The van der Waals surface area contributed by atoms with Gasteiger partial charge in [0.2, 0.25) is 0 Å². The van der Waals surface area contributed by atoms with Gasteiger partial charge in [0.1, 0.15) is 5.60 Å². The quantitative estimate of drug-likeness (QED) is 0.381. The number of carbonyl (C=O) groups excluding carboxylic acids is 1. The summed E-state index contributed by atoms with van der Waals surface area (Å²) in [7, 11) is 0. The first-order valence-corrected chi connectivity index (χ1v) is 14.1. The van der Waals surface area contributed by atoms with E-state index in [1.165, 1.54) is 0 Å². The molecule has 9 heteroatoms. The number of alkyl carbamates (subject to hydrolysis) is 1. The Morgan fingerprint density at radius 2 is 1.73 bits per heavy atom. The van der Waals surface area contributed by atoms with Gasteiger partial charge < -0.3 is 20.3 Å². The molecule has 1 unspecified atom stereocenters. The fourth-order valence-electron chi connectivity index (χ4n) is 5.18. The van der Waals surface area contributed by atoms with Crippen LogP contribution < -0.4 is 15.5 Å². The van der Waals surface area contributed by atoms with Crippen LogP contribution in [0.2, 0.25) is 15.1 Å². The maximum atomic E-state index is 12.1. The highest BCUT2D eigenvalue weighted by Crippen LogP contribution is 2.34. The van der Waals surface area contributed by atoms with Crippen LogP contribution in [0.15, 0.2) is 36.4 Å². The number of nitrogens with zero attached hydrogens (tertiary/aromatic N) is 2. The van der Waals surface area contributed by atoms with E-state index in [-0.39, 0.29) is 18.2 Å². The molecule has 4 rings (SSSR count). The number of nitrogens with one attached hydrogen (secondary N) is 2. The molecule has 2 N–H and O–H groups in total. The molecule has 2 saturated heterocycles. The molecule has 0 bridgehead atoms. The number of halogens is 3. The smallest absolute Gasteiger partial charge is 0.407 e. The van der Waals surface area contributed by atoms with Crippen LogP contribution in [-0.2, 0) is 4.74 Å². The number of hydrogen-bond donors (Lipinski definition) is 2. The molecule has 37 heavy (non-hydrogen) atoms. The summed E-state index contributed by atoms with van der Waals surface area (Å²) in [5.41, 5.74) is 2.53. The molecular weight excluding hydrogens is 531 g/mol. The van der Waals surface area contributed by atoms with Crippen LogP contribution in [-0.4, -0.2) is 54.9 Å². The summed E-state index contributed by atoms with van der Waals surface area (Å²) in [6.07, 6.45) is 2.80. The molecule has 0 radical (unpaired) electrons. The molecule has 2 atom stereocenters. The lowest BCUT2D eigenvalue weighted by Crippen LogP contribution is -2.46. The molecule has 0 saturated carbocycles. The van der Waals surface area contributed by atoms with E-state index in [0.717, 1.165) is 62.4 Å². The highest BCUT2D eigenvalue weighted by atomic mass is 35.5. The normalized spacial score (nSPS) is 20.1. The van der Waals surface area contributed by atoms with Gasteiger partial charge in [0, 0.05) is 54.0 Å². The first-order chi connectivity index (χ1) is 17.5. The molecule has 0 aromatic heterocycles. The zero-order valence-corrected chi connectivity index (χ0v) is 24.3. The van der Waals surface area contributed by atoms with Crippen LogP contribution in [0, 0.1) is 0 Å². The molecule has 0 spiro atoms. The van der Waals surface area contributed by atoms with Crippen molar-refractivity contribution in [1.82, 2.24) is 10.2 Å². The minimum absolute atomic E-state index is 0.0272. The molecule has 2 aliphatic heterocycles. The van der Waals surface area contributed by atoms with Crippen molar-refractivity contribution >= 4 is 52.3 Å². The third-order valence-electron chi connectivity index (χ3n) is 7.04. The predicted octanol–water partition coefficient (Wildman–Crippen LogP) is 7.39. The van der Waals surface area contributed by atoms with Crippen LogP contribution in [0.25, 0.3) is 0 Å². The average molecular weight is 568 g/mol. The fourth-order valence-corrected chi connectivity index (χ4v) is 5.93. The monoisotopic (exact) mass is 566 g/mol. The van der Waals surface area contributed by atoms with Gasteiger partial charge in [-0.3, -0.25) is 4.90 Å². The van der Waals surface area contributed by atoms with Crippen LogP contribution in [0.4, 0.5) is 16.2 Å². The van der Waals surface area contributed by atoms with Crippen molar-refractivity contribution in [1.29, 1.82) is 0 Å². The Morgan fingerprint density at radius 3 is 2.41 bits per heavy atom. The number of likely N-dealkylation sites (tertiary alicyclic amines) is 1. The van der Waals surface area contributed by atoms with Crippen LogP contribution in [0.3, 0.4) is 0 Å². The minimum atomic E-state index is -0.479. The van der Waals surface area contributed by atoms with Gasteiger partial charge in [-0.25, -0.2) is 4.79 Å². The summed E-state index contributed by atoms with van der Waals surface area (Å²) in [6.45, 7) is 11.6. The Morgan fingerprint density at radius 1 is 1.00 bits per heavy atom. The number of rotatable bonds is 6. The first-order valence-electron chi connectivity index (χ1n) is 13.0. The third kappa shape index (κ3) is 7.60. The number of amides is 1. The van der Waals surface area contributed by atoms with E-state index >= 15 is 0 Å². The lowest BCUT2D eigenvalue weighted by atomic mass is 10.0. The number of carbonyl (C=O) groups is 1. The van der Waals surface area contributed by atoms with E-state index in [4.69, 9.17) is 39.5 Å². The molecule has 2 heterocycles. The minimum Gasteiger partial charge on any atom is -0.444 e. The second kappa shape index (κ2) is 11.9. The summed E-state index contributed by atoms with van der Waals surface area (Å²) >= 11 is 19.0. The van der Waals surface area contributed by atoms with Gasteiger partial charge in [0.05, 0.1) is 16.8 Å². The zero-order valence-electron chi connectivity index (χ0n) is 22.0. The van der Waals surface area contributed by atoms with Crippen molar-refractivity contribution in [2.24, 2.45) is 0 Å². The summed E-state index contributed by atoms with van der Waals surface area (Å²) in [5.74, 6) is 0. The highest BCUT2D eigenvalue weighted by Gasteiger charge is 2.32. The number of anilines is 2. The molecule has 202 valence electrons. The van der Waals surface area contributed by atoms with Crippen LogP contribution in [0.5, 0.6) is 0 Å². The van der Waals surface area contributed by atoms with E-state index in [9.17, 15) is 4.79 Å². The Hall–Kier alpha value is -1.86. The zero-order chi connectivity index (χ0) is 26.7. The molecule has 2 aromatic carbocycles. The molecule has 0 aliphatic carbocycles. The number of benzene rings is 2. The van der Waals surface area contributed by atoms with Gasteiger partial charge in [-0.15, -0.1) is 0 Å². The molecule has 2 aromatic rings. The second-order valence-electron chi connectivity index (χ2n) is 11.0. The standard InChI is InChI=1S/C28H37Cl3N4O2/c1-18(23-7-5-19(29)15-25(23)31)32-26-16-22(6-8-24(26)30)34-13-10-21(11-14-34)35-12-9-20(17-35)33-27(36)37-28(2,3)4/h5-8,15-16,18,20-21,32H,9-14,17H2,1-4H3,(H,33,36)/t18-,20?/m1/s1. The maximum Gasteiger partial charge on any atom is 0.407 e. The topological polar surface area (TPSA) is 56.8 Å². The van der Waals surface area contributed by atoms with Gasteiger partial charge in [-0.2, -0.15) is 0 Å². The predicted molar refractivity (Wildman–Crippen MR) is 155 cm³/mol. The summed E-state index contributed by atoms with van der Waals surface area (Å²) in [6, 6.07) is 12.4. The van der Waals surface area contributed by atoms with Gasteiger partial charge in [0.15, 0.2) is 0 Å². The maximum absolute atomic E-state index is 12.1. The van der Waals surface area contributed by atoms with E-state index < -0.39 is 5.60 Å². The van der Waals surface area contributed by atoms with Crippen molar-refractivity contribution in [2.45, 2.75) is 70.7 Å². The lowest BCUT2D eigenvalue weighted by Gasteiger charge is -2.38. The van der Waals surface area contributed by atoms with Gasteiger partial charge in [0.25, 0.3) is 0 Å². The largest absolute Gasteiger partial charge is 0.444 e.